The number of hydrogen-bond acceptors (Lipinski definition) is 3. The molecule has 2 fully saturated rings. The zero-order valence-electron chi connectivity index (χ0n) is 38.3. The molecule has 2 saturated heterocycles. The Morgan fingerprint density at radius 2 is 0.932 bits per heavy atom. The first-order chi connectivity index (χ1) is 28.1. The van der Waals surface area contributed by atoms with Crippen molar-refractivity contribution in [2.45, 2.75) is 147 Å². The van der Waals surface area contributed by atoms with Gasteiger partial charge in [0, 0.05) is 26.6 Å². The average Bonchev–Trinajstić information content (AvgIpc) is 3.91. The van der Waals surface area contributed by atoms with Gasteiger partial charge < -0.3 is 14.1 Å². The molecule has 5 aromatic carbocycles. The fourth-order valence-corrected chi connectivity index (χ4v) is 27.5. The lowest BCUT2D eigenvalue weighted by atomic mass is 9.81. The maximum atomic E-state index is 3.01. The molecule has 4 heterocycles. The average molecular weight is 820 g/mol. The largest absolute Gasteiger partial charge is 0.335 e. The Morgan fingerprint density at radius 3 is 1.34 bits per heavy atom. The summed E-state index contributed by atoms with van der Waals surface area (Å²) in [5.41, 5.74) is 16.5. The van der Waals surface area contributed by atoms with Crippen LogP contribution in [0.15, 0.2) is 109 Å². The molecule has 59 heavy (non-hydrogen) atoms. The summed E-state index contributed by atoms with van der Waals surface area (Å²) in [7, 11) is -3.48. The second-order valence-corrected chi connectivity index (χ2v) is 28.6. The second-order valence-electron chi connectivity index (χ2n) is 19.8. The third-order valence-electron chi connectivity index (χ3n) is 17.4. The Labute approximate surface area is 359 Å². The molecule has 0 N–H and O–H groups in total. The minimum absolute atomic E-state index is 0.00555. The van der Waals surface area contributed by atoms with Crippen molar-refractivity contribution < 1.29 is 0 Å². The van der Waals surface area contributed by atoms with E-state index in [1.54, 1.807) is 0 Å². The van der Waals surface area contributed by atoms with Gasteiger partial charge in [0.2, 0.25) is 0 Å². The van der Waals surface area contributed by atoms with E-state index in [1.165, 1.54) is 86.1 Å². The zero-order chi connectivity index (χ0) is 42.1. The van der Waals surface area contributed by atoms with Gasteiger partial charge in [0.05, 0.1) is 33.1 Å². The van der Waals surface area contributed by atoms with Crippen molar-refractivity contribution in [3.8, 4) is 0 Å². The highest BCUT2D eigenvalue weighted by Gasteiger charge is 2.88. The van der Waals surface area contributed by atoms with Gasteiger partial charge in [0.25, 0.3) is 0 Å². The van der Waals surface area contributed by atoms with Crippen molar-refractivity contribution in [1.29, 1.82) is 0 Å². The van der Waals surface area contributed by atoms with Crippen LogP contribution in [0.3, 0.4) is 0 Å². The molecule has 6 atom stereocenters. The number of anilines is 6. The van der Waals surface area contributed by atoms with Crippen LogP contribution in [0.5, 0.6) is 0 Å². The summed E-state index contributed by atoms with van der Waals surface area (Å²) in [5.74, 6) is 1.90. The normalized spacial score (nSPS) is 32.5. The predicted octanol–water partition coefficient (Wildman–Crippen LogP) is 15.4. The summed E-state index contributed by atoms with van der Waals surface area (Å²) >= 11 is 0. The highest BCUT2D eigenvalue weighted by molar-refractivity contribution is 8.43. The first-order valence-electron chi connectivity index (χ1n) is 22.7. The molecular formula is C54H69N3SSi. The molecule has 0 amide bonds. The molecule has 3 nitrogen and oxygen atoms in total. The van der Waals surface area contributed by atoms with Crippen molar-refractivity contribution in [1.82, 2.24) is 0 Å². The molecule has 310 valence electrons. The Hall–Kier alpha value is -3.93. The van der Waals surface area contributed by atoms with E-state index in [9.17, 15) is 0 Å². The molecule has 0 aliphatic carbocycles. The Balaban J connectivity index is 1.43. The number of benzene rings is 5. The Morgan fingerprint density at radius 1 is 0.542 bits per heavy atom. The van der Waals surface area contributed by atoms with E-state index in [4.69, 9.17) is 0 Å². The van der Waals surface area contributed by atoms with Gasteiger partial charge in [0.15, 0.2) is 0 Å². The monoisotopic (exact) mass is 819 g/mol. The Bertz CT molecular complexity index is 2390. The topological polar surface area (TPSA) is 9.72 Å². The fraction of sp³-hybridized carbons (Fsp3) is 0.444. The van der Waals surface area contributed by atoms with Crippen LogP contribution in [-0.2, 0) is 0 Å². The van der Waals surface area contributed by atoms with E-state index >= 15 is 0 Å². The Kier molecular flexibility index (Phi) is 9.28. The lowest BCUT2D eigenvalue weighted by Crippen LogP contribution is -2.52. The standard InChI is InChI=1S/C54H69N3SSi/c1-14-51(10)52(11,15-2)58(51)36-47(42-26-18-37(5)19-27-42)41(9)46-34-49-50(35-48(46)57(58)45-32-24-40(8)25-33-45)56(44-30-22-39(7)23-31-44)54(17-4)53(16-3,59(54,12)13)55(49)43-28-20-38(6)21-29-43/h18-35,41,47H,14-17,36H2,1-13H3. The van der Waals surface area contributed by atoms with Crippen molar-refractivity contribution in [2.24, 2.45) is 0 Å². The molecular weight excluding hydrogens is 751 g/mol. The van der Waals surface area contributed by atoms with Gasteiger partial charge in [0.1, 0.15) is 8.07 Å². The van der Waals surface area contributed by atoms with Crippen LogP contribution in [0.1, 0.15) is 119 Å². The number of rotatable bonds is 8. The second kappa shape index (κ2) is 13.5. The first-order valence-corrected chi connectivity index (χ1v) is 27.5. The van der Waals surface area contributed by atoms with Crippen LogP contribution in [-0.4, -0.2) is 33.6 Å². The third-order valence-corrected chi connectivity index (χ3v) is 29.4. The van der Waals surface area contributed by atoms with E-state index in [1.807, 2.05) is 0 Å². The van der Waals surface area contributed by atoms with Gasteiger partial charge in [-0.15, -0.1) is 10.2 Å². The van der Waals surface area contributed by atoms with Gasteiger partial charge in [-0.3, -0.25) is 0 Å². The van der Waals surface area contributed by atoms with E-state index in [0.29, 0.717) is 11.8 Å². The van der Waals surface area contributed by atoms with Crippen LogP contribution in [0, 0.1) is 27.7 Å². The fourth-order valence-electron chi connectivity index (χ4n) is 13.7. The van der Waals surface area contributed by atoms with Crippen LogP contribution in [0.2, 0.25) is 13.1 Å². The van der Waals surface area contributed by atoms with E-state index in [0.717, 1.165) is 12.8 Å². The molecule has 1 spiro atoms. The minimum atomic E-state index is -2.03. The molecule has 4 aliphatic rings. The van der Waals surface area contributed by atoms with E-state index in [-0.39, 0.29) is 19.8 Å². The highest BCUT2D eigenvalue weighted by Crippen LogP contribution is 2.95. The third kappa shape index (κ3) is 4.89. The maximum Gasteiger partial charge on any atom is 0.113 e. The molecule has 5 aromatic rings. The predicted molar refractivity (Wildman–Crippen MR) is 262 cm³/mol. The summed E-state index contributed by atoms with van der Waals surface area (Å²) in [4.78, 5) is 5.82. The van der Waals surface area contributed by atoms with Crippen LogP contribution in [0.4, 0.5) is 34.1 Å². The smallest absolute Gasteiger partial charge is 0.113 e. The molecule has 5 heteroatoms. The quantitative estimate of drug-likeness (QED) is 0.114. The molecule has 0 aromatic heterocycles. The molecule has 6 unspecified atom stereocenters. The molecule has 0 saturated carbocycles. The van der Waals surface area contributed by atoms with Crippen LogP contribution < -0.4 is 14.1 Å². The van der Waals surface area contributed by atoms with Crippen molar-refractivity contribution >= 4 is 52.4 Å². The van der Waals surface area contributed by atoms with Gasteiger partial charge in [-0.1, -0.05) is 131 Å². The summed E-state index contributed by atoms with van der Waals surface area (Å²) < 4.78 is 3.40. The summed E-state index contributed by atoms with van der Waals surface area (Å²) in [6.07, 6.45) is 4.58. The molecule has 9 rings (SSSR count). The summed E-state index contributed by atoms with van der Waals surface area (Å²) in [6.45, 7) is 32.2. The van der Waals surface area contributed by atoms with Crippen LogP contribution in [0.25, 0.3) is 0 Å². The number of aryl methyl sites for hydroxylation is 4. The first kappa shape index (κ1) is 40.5. The van der Waals surface area contributed by atoms with Crippen molar-refractivity contribution in [3.05, 3.63) is 143 Å². The molecule has 0 bridgehead atoms. The van der Waals surface area contributed by atoms with E-state index < -0.39 is 18.3 Å². The van der Waals surface area contributed by atoms with Crippen molar-refractivity contribution in [3.63, 3.8) is 0 Å². The van der Waals surface area contributed by atoms with Crippen molar-refractivity contribution in [2.75, 3.05) is 19.9 Å². The van der Waals surface area contributed by atoms with Gasteiger partial charge in [-0.05, 0) is 139 Å². The maximum absolute atomic E-state index is 3.01. The molecule has 0 radical (unpaired) electrons. The molecule has 4 aliphatic heterocycles. The number of nitrogens with zero attached hydrogens (tertiary/aromatic N) is 3. The zero-order valence-corrected chi connectivity index (χ0v) is 40.1. The minimum Gasteiger partial charge on any atom is -0.335 e. The lowest BCUT2D eigenvalue weighted by Gasteiger charge is -2.51. The highest BCUT2D eigenvalue weighted by atomic mass is 32.3. The summed E-state index contributed by atoms with van der Waals surface area (Å²) in [5, 5.41) is 0.0211. The van der Waals surface area contributed by atoms with Crippen LogP contribution >= 0.6 is 10.2 Å². The van der Waals surface area contributed by atoms with Gasteiger partial charge >= 0.3 is 0 Å². The number of fused-ring (bicyclic) bond motifs is 3. The summed E-state index contributed by atoms with van der Waals surface area (Å²) in [6, 6.07) is 43.8. The number of hydrogen-bond donors (Lipinski definition) is 0. The lowest BCUT2D eigenvalue weighted by molar-refractivity contribution is 0.470. The van der Waals surface area contributed by atoms with E-state index in [2.05, 4.69) is 213 Å². The van der Waals surface area contributed by atoms with Gasteiger partial charge in [-0.2, -0.15) is 0 Å². The van der Waals surface area contributed by atoms with Gasteiger partial charge in [-0.25, -0.2) is 0 Å². The SMILES string of the molecule is CCC12N(c3ccc(C)cc3)c3cc4c(cc3N(c3ccc(C)cc3)C1(CC)[Si]2(C)C)N(c1ccc(C)cc1)S1(CC(c2ccc(C)cc2)C4C)C(C)(CC)C1(C)CC.